The molecule has 0 aromatic heterocycles. The van der Waals surface area contributed by atoms with E-state index in [9.17, 15) is 4.79 Å². The molecule has 0 aromatic carbocycles. The molecule has 72 valence electrons. The molecule has 0 aromatic rings. The fourth-order valence-corrected chi connectivity index (χ4v) is 1.10. The Bertz CT molecular complexity index is 137. The highest BCUT2D eigenvalue weighted by Crippen LogP contribution is 2.01. The van der Waals surface area contributed by atoms with Gasteiger partial charge in [0.25, 0.3) is 0 Å². The molecule has 4 nitrogen and oxygen atoms in total. The van der Waals surface area contributed by atoms with Gasteiger partial charge in [-0.15, -0.1) is 12.4 Å². The molecule has 0 bridgehead atoms. The zero-order chi connectivity index (χ0) is 8.10. The van der Waals surface area contributed by atoms with E-state index in [0.717, 1.165) is 13.2 Å². The van der Waals surface area contributed by atoms with Crippen molar-refractivity contribution in [1.82, 2.24) is 5.32 Å². The van der Waals surface area contributed by atoms with Gasteiger partial charge >= 0.3 is 5.97 Å². The Labute approximate surface area is 77.7 Å². The largest absolute Gasteiger partial charge is 0.481 e. The van der Waals surface area contributed by atoms with Crippen LogP contribution >= 0.6 is 12.4 Å². The van der Waals surface area contributed by atoms with Gasteiger partial charge in [0.05, 0.1) is 13.2 Å². The second-order valence-corrected chi connectivity index (χ2v) is 2.66. The van der Waals surface area contributed by atoms with Crippen LogP contribution in [0, 0.1) is 0 Å². The highest BCUT2D eigenvalue weighted by Gasteiger charge is 2.13. The SMILES string of the molecule is Cl.O=C(O)CCC1COCCN1. The monoisotopic (exact) mass is 195 g/mol. The molecule has 12 heavy (non-hydrogen) atoms. The molecule has 5 heteroatoms. The van der Waals surface area contributed by atoms with Gasteiger partial charge in [-0.25, -0.2) is 0 Å². The van der Waals surface area contributed by atoms with Gasteiger partial charge in [0.2, 0.25) is 0 Å². The van der Waals surface area contributed by atoms with Crippen molar-refractivity contribution in [2.45, 2.75) is 18.9 Å². The van der Waals surface area contributed by atoms with Crippen molar-refractivity contribution in [2.75, 3.05) is 19.8 Å². The van der Waals surface area contributed by atoms with E-state index >= 15 is 0 Å². The smallest absolute Gasteiger partial charge is 0.303 e. The van der Waals surface area contributed by atoms with Crippen molar-refractivity contribution < 1.29 is 14.6 Å². The molecular formula is C7H14ClNO3. The van der Waals surface area contributed by atoms with Gasteiger partial charge in [0.1, 0.15) is 0 Å². The lowest BCUT2D eigenvalue weighted by Gasteiger charge is -2.22. The second kappa shape index (κ2) is 6.22. The summed E-state index contributed by atoms with van der Waals surface area (Å²) in [6, 6.07) is 0.236. The average molecular weight is 196 g/mol. The molecule has 0 saturated carbocycles. The molecule has 0 aliphatic carbocycles. The number of carboxylic acid groups (broad SMARTS) is 1. The van der Waals surface area contributed by atoms with Crippen LogP contribution in [0.2, 0.25) is 0 Å². The quantitative estimate of drug-likeness (QED) is 0.679. The summed E-state index contributed by atoms with van der Waals surface area (Å²) >= 11 is 0. The molecule has 0 amide bonds. The van der Waals surface area contributed by atoms with E-state index < -0.39 is 5.97 Å². The van der Waals surface area contributed by atoms with Gasteiger partial charge in [-0.2, -0.15) is 0 Å². The predicted molar refractivity (Wildman–Crippen MR) is 46.7 cm³/mol. The Morgan fingerprint density at radius 2 is 2.42 bits per heavy atom. The molecule has 1 aliphatic rings. The minimum Gasteiger partial charge on any atom is -0.481 e. The molecule has 0 spiro atoms. The number of aliphatic carboxylic acids is 1. The maximum atomic E-state index is 10.2. The summed E-state index contributed by atoms with van der Waals surface area (Å²) in [6.07, 6.45) is 0.885. The third-order valence-corrected chi connectivity index (χ3v) is 1.71. The van der Waals surface area contributed by atoms with E-state index in [2.05, 4.69) is 5.32 Å². The zero-order valence-electron chi connectivity index (χ0n) is 6.78. The summed E-state index contributed by atoms with van der Waals surface area (Å²) in [6.45, 7) is 2.22. The summed E-state index contributed by atoms with van der Waals surface area (Å²) < 4.78 is 5.16. The molecule has 1 aliphatic heterocycles. The molecule has 1 atom stereocenters. The van der Waals surface area contributed by atoms with Gasteiger partial charge in [-0.05, 0) is 6.42 Å². The number of carboxylic acids is 1. The minimum absolute atomic E-state index is 0. The normalized spacial score (nSPS) is 22.8. The van der Waals surface area contributed by atoms with Crippen molar-refractivity contribution in [2.24, 2.45) is 0 Å². The van der Waals surface area contributed by atoms with Crippen LogP contribution in [0.5, 0.6) is 0 Å². The van der Waals surface area contributed by atoms with Crippen LogP contribution in [-0.2, 0) is 9.53 Å². The Morgan fingerprint density at radius 1 is 1.67 bits per heavy atom. The Balaban J connectivity index is 0.00000121. The molecule has 1 rings (SSSR count). The number of carbonyl (C=O) groups is 1. The first-order valence-corrected chi connectivity index (χ1v) is 3.82. The fourth-order valence-electron chi connectivity index (χ4n) is 1.10. The van der Waals surface area contributed by atoms with Gasteiger partial charge < -0.3 is 15.2 Å². The van der Waals surface area contributed by atoms with Gasteiger partial charge in [0, 0.05) is 19.0 Å². The lowest BCUT2D eigenvalue weighted by Crippen LogP contribution is -2.41. The summed E-state index contributed by atoms with van der Waals surface area (Å²) in [5.74, 6) is -0.739. The van der Waals surface area contributed by atoms with Crippen molar-refractivity contribution in [3.63, 3.8) is 0 Å². The first-order chi connectivity index (χ1) is 5.29. The molecule has 2 N–H and O–H groups in total. The Kier molecular flexibility index (Phi) is 6.06. The van der Waals surface area contributed by atoms with Crippen LogP contribution < -0.4 is 5.32 Å². The van der Waals surface area contributed by atoms with Crippen LogP contribution in [0.1, 0.15) is 12.8 Å². The van der Waals surface area contributed by atoms with Gasteiger partial charge in [0.15, 0.2) is 0 Å². The summed E-state index contributed by atoms with van der Waals surface area (Å²) in [5.41, 5.74) is 0. The lowest BCUT2D eigenvalue weighted by atomic mass is 10.1. The average Bonchev–Trinajstić information content (AvgIpc) is 2.03. The van der Waals surface area contributed by atoms with Crippen LogP contribution in [0.3, 0.4) is 0 Å². The topological polar surface area (TPSA) is 58.6 Å². The molecule has 0 radical (unpaired) electrons. The Hall–Kier alpha value is -0.320. The third kappa shape index (κ3) is 4.54. The lowest BCUT2D eigenvalue weighted by molar-refractivity contribution is -0.137. The van der Waals surface area contributed by atoms with Crippen LogP contribution in [0.4, 0.5) is 0 Å². The molecule has 1 unspecified atom stereocenters. The maximum absolute atomic E-state index is 10.2. The highest BCUT2D eigenvalue weighted by atomic mass is 35.5. The van der Waals surface area contributed by atoms with Gasteiger partial charge in [-0.1, -0.05) is 0 Å². The second-order valence-electron chi connectivity index (χ2n) is 2.66. The number of halogens is 1. The predicted octanol–water partition coefficient (Wildman–Crippen LogP) is 0.261. The van der Waals surface area contributed by atoms with Crippen LogP contribution in [-0.4, -0.2) is 36.9 Å². The van der Waals surface area contributed by atoms with Crippen molar-refractivity contribution in [3.8, 4) is 0 Å². The first-order valence-electron chi connectivity index (χ1n) is 3.82. The third-order valence-electron chi connectivity index (χ3n) is 1.71. The first kappa shape index (κ1) is 11.7. The number of morpholine rings is 1. The van der Waals surface area contributed by atoms with Gasteiger partial charge in [-0.3, -0.25) is 4.79 Å². The van der Waals surface area contributed by atoms with Crippen molar-refractivity contribution in [3.05, 3.63) is 0 Å². The summed E-state index contributed by atoms with van der Waals surface area (Å²) in [5, 5.41) is 11.6. The molecular weight excluding hydrogens is 182 g/mol. The zero-order valence-corrected chi connectivity index (χ0v) is 7.60. The summed E-state index contributed by atoms with van der Waals surface area (Å²) in [4.78, 5) is 10.2. The molecule has 1 fully saturated rings. The Morgan fingerprint density at radius 3 is 2.92 bits per heavy atom. The fraction of sp³-hybridized carbons (Fsp3) is 0.857. The van der Waals surface area contributed by atoms with Crippen molar-refractivity contribution in [1.29, 1.82) is 0 Å². The van der Waals surface area contributed by atoms with Crippen LogP contribution in [0.25, 0.3) is 0 Å². The maximum Gasteiger partial charge on any atom is 0.303 e. The number of hydrogen-bond donors (Lipinski definition) is 2. The number of nitrogens with one attached hydrogen (secondary N) is 1. The van der Waals surface area contributed by atoms with E-state index in [1.807, 2.05) is 0 Å². The summed E-state index contributed by atoms with van der Waals surface area (Å²) in [7, 11) is 0. The molecule has 1 saturated heterocycles. The standard InChI is InChI=1S/C7H13NO3.ClH/c9-7(10)2-1-6-5-11-4-3-8-6;/h6,8H,1-5H2,(H,9,10);1H. The minimum atomic E-state index is -0.739. The van der Waals surface area contributed by atoms with E-state index in [4.69, 9.17) is 9.84 Å². The van der Waals surface area contributed by atoms with Crippen LogP contribution in [0.15, 0.2) is 0 Å². The van der Waals surface area contributed by atoms with E-state index in [1.165, 1.54) is 0 Å². The highest BCUT2D eigenvalue weighted by molar-refractivity contribution is 5.85. The van der Waals surface area contributed by atoms with E-state index in [1.54, 1.807) is 0 Å². The number of hydrogen-bond acceptors (Lipinski definition) is 3. The van der Waals surface area contributed by atoms with E-state index in [0.29, 0.717) is 13.0 Å². The van der Waals surface area contributed by atoms with E-state index in [-0.39, 0.29) is 24.9 Å². The van der Waals surface area contributed by atoms with Crippen molar-refractivity contribution >= 4 is 18.4 Å². The number of ether oxygens (including phenoxy) is 1. The number of rotatable bonds is 3. The molecule has 1 heterocycles.